The fourth-order valence-electron chi connectivity index (χ4n) is 2.28. The summed E-state index contributed by atoms with van der Waals surface area (Å²) in [5, 5.41) is 9.34. The Kier molecular flexibility index (Phi) is 7.80. The largest absolute Gasteiger partial charge is 0.481 e. The Morgan fingerprint density at radius 1 is 1.21 bits per heavy atom. The van der Waals surface area contributed by atoms with Crippen LogP contribution < -0.4 is 0 Å². The van der Waals surface area contributed by atoms with E-state index in [0.29, 0.717) is 0 Å². The van der Waals surface area contributed by atoms with Gasteiger partial charge in [0.15, 0.2) is 0 Å². The molecule has 0 fully saturated rings. The number of carboxylic acid groups (broad SMARTS) is 1. The van der Waals surface area contributed by atoms with Crippen molar-refractivity contribution >= 4 is 21.9 Å². The monoisotopic (exact) mass is 326 g/mol. The lowest BCUT2D eigenvalue weighted by molar-refractivity contribution is -0.139. The van der Waals surface area contributed by atoms with Crippen LogP contribution in [0, 0.1) is 0 Å². The standard InChI is InChI=1S/C16H23BrO2/c1-2-3-4-5-6-7-11-15(16(18)19)13-9-8-10-14(17)12-13/h8-10,12,15H,2-7,11H2,1H3,(H,18,19). The third-order valence-corrected chi connectivity index (χ3v) is 3.89. The highest BCUT2D eigenvalue weighted by atomic mass is 79.9. The van der Waals surface area contributed by atoms with Crippen molar-refractivity contribution in [3.8, 4) is 0 Å². The summed E-state index contributed by atoms with van der Waals surface area (Å²) in [4.78, 5) is 11.4. The van der Waals surface area contributed by atoms with Crippen LogP contribution in [-0.2, 0) is 4.79 Å². The number of rotatable bonds is 9. The van der Waals surface area contributed by atoms with Crippen LogP contribution in [-0.4, -0.2) is 11.1 Å². The topological polar surface area (TPSA) is 37.3 Å². The summed E-state index contributed by atoms with van der Waals surface area (Å²) in [7, 11) is 0. The average Bonchev–Trinajstić information content (AvgIpc) is 2.37. The van der Waals surface area contributed by atoms with Gasteiger partial charge in [-0.15, -0.1) is 0 Å². The summed E-state index contributed by atoms with van der Waals surface area (Å²) < 4.78 is 0.944. The fraction of sp³-hybridized carbons (Fsp3) is 0.562. The van der Waals surface area contributed by atoms with E-state index in [1.807, 2.05) is 24.3 Å². The van der Waals surface area contributed by atoms with Crippen LogP contribution in [0.2, 0.25) is 0 Å². The molecule has 19 heavy (non-hydrogen) atoms. The first kappa shape index (κ1) is 16.2. The smallest absolute Gasteiger partial charge is 0.310 e. The Labute approximate surface area is 124 Å². The molecule has 1 aromatic rings. The number of carbonyl (C=O) groups is 1. The highest BCUT2D eigenvalue weighted by molar-refractivity contribution is 9.10. The molecule has 0 aromatic heterocycles. The van der Waals surface area contributed by atoms with Gasteiger partial charge in [0.25, 0.3) is 0 Å². The van der Waals surface area contributed by atoms with Crippen molar-refractivity contribution in [1.29, 1.82) is 0 Å². The molecule has 1 atom stereocenters. The second-order valence-electron chi connectivity index (χ2n) is 5.00. The van der Waals surface area contributed by atoms with Gasteiger partial charge in [0, 0.05) is 4.47 Å². The van der Waals surface area contributed by atoms with E-state index in [1.165, 1.54) is 25.7 Å². The first-order valence-corrected chi connectivity index (χ1v) is 7.92. The zero-order chi connectivity index (χ0) is 14.1. The molecule has 0 aliphatic rings. The third kappa shape index (κ3) is 6.24. The van der Waals surface area contributed by atoms with Crippen LogP contribution in [0.25, 0.3) is 0 Å². The minimum absolute atomic E-state index is 0.372. The van der Waals surface area contributed by atoms with Gasteiger partial charge in [-0.25, -0.2) is 0 Å². The zero-order valence-corrected chi connectivity index (χ0v) is 13.2. The molecule has 2 nitrogen and oxygen atoms in total. The molecule has 1 aromatic carbocycles. The summed E-state index contributed by atoms with van der Waals surface area (Å²) in [5.74, 6) is -1.09. The number of carboxylic acids is 1. The fourth-order valence-corrected chi connectivity index (χ4v) is 2.70. The van der Waals surface area contributed by atoms with Gasteiger partial charge in [0.05, 0.1) is 5.92 Å². The highest BCUT2D eigenvalue weighted by Gasteiger charge is 2.19. The molecule has 1 unspecified atom stereocenters. The normalized spacial score (nSPS) is 12.3. The number of halogens is 1. The van der Waals surface area contributed by atoms with Gasteiger partial charge in [0.2, 0.25) is 0 Å². The average molecular weight is 327 g/mol. The summed E-state index contributed by atoms with van der Waals surface area (Å²) in [5.41, 5.74) is 0.899. The molecule has 0 heterocycles. The van der Waals surface area contributed by atoms with Crippen LogP contribution in [0.4, 0.5) is 0 Å². The van der Waals surface area contributed by atoms with Crippen molar-refractivity contribution < 1.29 is 9.90 Å². The van der Waals surface area contributed by atoms with Gasteiger partial charge in [-0.05, 0) is 24.1 Å². The number of benzene rings is 1. The number of hydrogen-bond acceptors (Lipinski definition) is 1. The molecule has 0 saturated heterocycles. The first-order chi connectivity index (χ1) is 9.15. The predicted octanol–water partition coefficient (Wildman–Crippen LogP) is 5.37. The van der Waals surface area contributed by atoms with E-state index < -0.39 is 5.97 Å². The molecule has 106 valence electrons. The molecule has 1 N–H and O–H groups in total. The maximum Gasteiger partial charge on any atom is 0.310 e. The van der Waals surface area contributed by atoms with Crippen molar-refractivity contribution in [1.82, 2.24) is 0 Å². The zero-order valence-electron chi connectivity index (χ0n) is 11.6. The summed E-state index contributed by atoms with van der Waals surface area (Å²) in [6.07, 6.45) is 7.89. The molecule has 0 saturated carbocycles. The molecular formula is C16H23BrO2. The Morgan fingerprint density at radius 3 is 2.53 bits per heavy atom. The molecule has 0 amide bonds. The van der Waals surface area contributed by atoms with E-state index in [2.05, 4.69) is 22.9 Å². The Hall–Kier alpha value is -0.830. The quantitative estimate of drug-likeness (QED) is 0.619. The van der Waals surface area contributed by atoms with E-state index in [4.69, 9.17) is 0 Å². The molecule has 0 spiro atoms. The minimum Gasteiger partial charge on any atom is -0.481 e. The minimum atomic E-state index is -0.716. The van der Waals surface area contributed by atoms with Crippen molar-refractivity contribution in [2.75, 3.05) is 0 Å². The van der Waals surface area contributed by atoms with E-state index in [1.54, 1.807) is 0 Å². The van der Waals surface area contributed by atoms with Crippen LogP contribution >= 0.6 is 15.9 Å². The molecule has 0 bridgehead atoms. The van der Waals surface area contributed by atoms with Crippen molar-refractivity contribution in [3.05, 3.63) is 34.3 Å². The molecule has 0 radical (unpaired) electrons. The van der Waals surface area contributed by atoms with Gasteiger partial charge in [0.1, 0.15) is 0 Å². The van der Waals surface area contributed by atoms with Gasteiger partial charge in [-0.2, -0.15) is 0 Å². The van der Waals surface area contributed by atoms with Crippen molar-refractivity contribution in [2.24, 2.45) is 0 Å². The van der Waals surface area contributed by atoms with Gasteiger partial charge >= 0.3 is 5.97 Å². The number of hydrogen-bond donors (Lipinski definition) is 1. The van der Waals surface area contributed by atoms with Crippen LogP contribution in [0.1, 0.15) is 63.4 Å². The molecule has 0 aliphatic heterocycles. The third-order valence-electron chi connectivity index (χ3n) is 3.40. The second-order valence-corrected chi connectivity index (χ2v) is 5.92. The summed E-state index contributed by atoms with van der Waals surface area (Å²) in [6, 6.07) is 7.64. The Morgan fingerprint density at radius 2 is 1.89 bits per heavy atom. The summed E-state index contributed by atoms with van der Waals surface area (Å²) >= 11 is 3.40. The lowest BCUT2D eigenvalue weighted by Gasteiger charge is -2.13. The lowest BCUT2D eigenvalue weighted by Crippen LogP contribution is -2.11. The maximum absolute atomic E-state index is 11.4. The van der Waals surface area contributed by atoms with Crippen LogP contribution in [0.3, 0.4) is 0 Å². The molecule has 0 aliphatic carbocycles. The molecule has 3 heteroatoms. The van der Waals surface area contributed by atoms with Crippen molar-refractivity contribution in [2.45, 2.75) is 57.8 Å². The molecule has 1 rings (SSSR count). The number of aliphatic carboxylic acids is 1. The summed E-state index contributed by atoms with van der Waals surface area (Å²) in [6.45, 7) is 2.20. The van der Waals surface area contributed by atoms with Crippen molar-refractivity contribution in [3.63, 3.8) is 0 Å². The number of unbranched alkanes of at least 4 members (excludes halogenated alkanes) is 5. The Bertz CT molecular complexity index is 390. The maximum atomic E-state index is 11.4. The first-order valence-electron chi connectivity index (χ1n) is 7.13. The molecular weight excluding hydrogens is 304 g/mol. The van der Waals surface area contributed by atoms with Gasteiger partial charge in [-0.3, -0.25) is 4.79 Å². The lowest BCUT2D eigenvalue weighted by atomic mass is 9.93. The van der Waals surface area contributed by atoms with E-state index >= 15 is 0 Å². The SMILES string of the molecule is CCCCCCCCC(C(=O)O)c1cccc(Br)c1. The van der Waals surface area contributed by atoms with Gasteiger partial charge < -0.3 is 5.11 Å². The van der Waals surface area contributed by atoms with E-state index in [-0.39, 0.29) is 5.92 Å². The van der Waals surface area contributed by atoms with E-state index in [9.17, 15) is 9.90 Å². The van der Waals surface area contributed by atoms with Gasteiger partial charge in [-0.1, -0.05) is 73.5 Å². The Balaban J connectivity index is 2.44. The van der Waals surface area contributed by atoms with Crippen LogP contribution in [0.15, 0.2) is 28.7 Å². The second kappa shape index (κ2) is 9.13. The van der Waals surface area contributed by atoms with E-state index in [0.717, 1.165) is 29.3 Å². The predicted molar refractivity (Wildman–Crippen MR) is 82.5 cm³/mol. The highest BCUT2D eigenvalue weighted by Crippen LogP contribution is 2.25. The van der Waals surface area contributed by atoms with Crippen LogP contribution in [0.5, 0.6) is 0 Å².